The van der Waals surface area contributed by atoms with Crippen molar-refractivity contribution in [2.75, 3.05) is 12.4 Å². The number of methoxy groups -OCH3 is 1. The highest BCUT2D eigenvalue weighted by molar-refractivity contribution is 6.35. The van der Waals surface area contributed by atoms with Crippen molar-refractivity contribution in [2.45, 2.75) is 0 Å². The first kappa shape index (κ1) is 20.7. The lowest BCUT2D eigenvalue weighted by atomic mass is 9.94. The molecule has 8 heteroatoms. The molecule has 5 aromatic rings. The lowest BCUT2D eigenvalue weighted by Crippen LogP contribution is -2.16. The molecule has 7 nitrogen and oxygen atoms in total. The minimum atomic E-state index is -0.709. The summed E-state index contributed by atoms with van der Waals surface area (Å²) in [5, 5.41) is 4.22. The number of aromatic amines is 1. The smallest absolute Gasteiger partial charge is 0.411 e. The van der Waals surface area contributed by atoms with Crippen molar-refractivity contribution in [3.05, 3.63) is 88.3 Å². The van der Waals surface area contributed by atoms with E-state index in [2.05, 4.69) is 15.3 Å². The van der Waals surface area contributed by atoms with Crippen LogP contribution >= 0.6 is 11.6 Å². The molecule has 3 heterocycles. The third-order valence-electron chi connectivity index (χ3n) is 5.31. The Kier molecular flexibility index (Phi) is 5.24. The summed E-state index contributed by atoms with van der Waals surface area (Å²) < 4.78 is 4.85. The van der Waals surface area contributed by atoms with Crippen molar-refractivity contribution in [1.82, 2.24) is 15.0 Å². The maximum Gasteiger partial charge on any atom is 0.411 e. The fourth-order valence-electron chi connectivity index (χ4n) is 3.87. The summed E-state index contributed by atoms with van der Waals surface area (Å²) >= 11 is 6.58. The summed E-state index contributed by atoms with van der Waals surface area (Å²) in [6.07, 6.45) is 2.48. The Balaban J connectivity index is 1.95. The van der Waals surface area contributed by atoms with Crippen LogP contribution in [0, 0.1) is 0 Å². The van der Waals surface area contributed by atoms with Crippen molar-refractivity contribution in [3.8, 4) is 22.4 Å². The number of amides is 1. The molecule has 0 aliphatic carbocycles. The SMILES string of the molecule is COC(=O)Nc1c(-c2cc(Cl)c3ncccc3c2)c(-c2ccccc2)nc2[nH]ccc(=O)c12. The summed E-state index contributed by atoms with van der Waals surface area (Å²) in [7, 11) is 1.26. The number of nitrogens with one attached hydrogen (secondary N) is 2. The Morgan fingerprint density at radius 2 is 1.88 bits per heavy atom. The van der Waals surface area contributed by atoms with Crippen LogP contribution in [0.15, 0.2) is 77.9 Å². The number of H-pyrrole nitrogens is 1. The van der Waals surface area contributed by atoms with Crippen LogP contribution in [0.2, 0.25) is 5.02 Å². The molecule has 2 aromatic carbocycles. The van der Waals surface area contributed by atoms with Gasteiger partial charge in [-0.05, 0) is 23.8 Å². The van der Waals surface area contributed by atoms with Crippen LogP contribution in [-0.4, -0.2) is 28.2 Å². The molecular weight excluding hydrogens is 440 g/mol. The number of halogens is 1. The van der Waals surface area contributed by atoms with Crippen molar-refractivity contribution in [2.24, 2.45) is 0 Å². The van der Waals surface area contributed by atoms with E-state index in [1.165, 1.54) is 19.4 Å². The van der Waals surface area contributed by atoms with Gasteiger partial charge in [-0.2, -0.15) is 0 Å². The number of nitrogens with zero attached hydrogens (tertiary/aromatic N) is 2. The van der Waals surface area contributed by atoms with E-state index in [4.69, 9.17) is 21.3 Å². The van der Waals surface area contributed by atoms with Crippen molar-refractivity contribution >= 4 is 45.3 Å². The molecule has 0 aliphatic heterocycles. The lowest BCUT2D eigenvalue weighted by molar-refractivity contribution is 0.187. The zero-order valence-corrected chi connectivity index (χ0v) is 18.2. The molecule has 0 saturated carbocycles. The summed E-state index contributed by atoms with van der Waals surface area (Å²) in [5.41, 5.74) is 3.56. The van der Waals surface area contributed by atoms with Gasteiger partial charge in [0.25, 0.3) is 0 Å². The van der Waals surface area contributed by atoms with Crippen LogP contribution in [0.3, 0.4) is 0 Å². The predicted octanol–water partition coefficient (Wildman–Crippen LogP) is 5.64. The number of hydrogen-bond donors (Lipinski definition) is 2. The summed E-state index contributed by atoms with van der Waals surface area (Å²) in [6.45, 7) is 0. The molecule has 3 aromatic heterocycles. The van der Waals surface area contributed by atoms with E-state index < -0.39 is 6.09 Å². The number of ether oxygens (including phenoxy) is 1. The second-order valence-electron chi connectivity index (χ2n) is 7.29. The molecular formula is C25H17ClN4O3. The largest absolute Gasteiger partial charge is 0.453 e. The number of carbonyl (C=O) groups is 1. The van der Waals surface area contributed by atoms with Crippen LogP contribution in [0.1, 0.15) is 0 Å². The third-order valence-corrected chi connectivity index (χ3v) is 5.59. The van der Waals surface area contributed by atoms with Gasteiger partial charge in [-0.25, -0.2) is 9.78 Å². The first-order chi connectivity index (χ1) is 16.1. The van der Waals surface area contributed by atoms with Gasteiger partial charge in [-0.3, -0.25) is 15.1 Å². The normalized spacial score (nSPS) is 11.0. The van der Waals surface area contributed by atoms with Crippen LogP contribution in [-0.2, 0) is 4.74 Å². The lowest BCUT2D eigenvalue weighted by Gasteiger charge is -2.18. The van der Waals surface area contributed by atoms with Gasteiger partial charge >= 0.3 is 6.09 Å². The summed E-state index contributed by atoms with van der Waals surface area (Å²) in [4.78, 5) is 37.4. The van der Waals surface area contributed by atoms with E-state index in [9.17, 15) is 9.59 Å². The highest BCUT2D eigenvalue weighted by atomic mass is 35.5. The minimum absolute atomic E-state index is 0.236. The second-order valence-corrected chi connectivity index (χ2v) is 7.70. The first-order valence-electron chi connectivity index (χ1n) is 10.1. The van der Waals surface area contributed by atoms with E-state index in [1.807, 2.05) is 48.5 Å². The fraction of sp³-hybridized carbons (Fsp3) is 0.0400. The van der Waals surface area contributed by atoms with Crippen LogP contribution < -0.4 is 10.7 Å². The molecule has 0 bridgehead atoms. The van der Waals surface area contributed by atoms with Gasteiger partial charge in [0.15, 0.2) is 5.43 Å². The van der Waals surface area contributed by atoms with Gasteiger partial charge in [0.05, 0.1) is 34.4 Å². The second kappa shape index (κ2) is 8.37. The number of benzene rings is 2. The maximum absolute atomic E-state index is 12.9. The third kappa shape index (κ3) is 3.68. The first-order valence-corrected chi connectivity index (χ1v) is 10.4. The van der Waals surface area contributed by atoms with Crippen LogP contribution in [0.25, 0.3) is 44.3 Å². The zero-order valence-electron chi connectivity index (χ0n) is 17.4. The summed E-state index contributed by atoms with van der Waals surface area (Å²) in [5.74, 6) is 0. The molecule has 0 aliphatic rings. The van der Waals surface area contributed by atoms with E-state index >= 15 is 0 Å². The average molecular weight is 457 g/mol. The van der Waals surface area contributed by atoms with Gasteiger partial charge in [-0.1, -0.05) is 48.0 Å². The molecule has 2 N–H and O–H groups in total. The van der Waals surface area contributed by atoms with Gasteiger partial charge in [-0.15, -0.1) is 0 Å². The molecule has 33 heavy (non-hydrogen) atoms. The molecule has 5 rings (SSSR count). The molecule has 162 valence electrons. The fourth-order valence-corrected chi connectivity index (χ4v) is 4.14. The number of anilines is 1. The topological polar surface area (TPSA) is 97.0 Å². The van der Waals surface area contributed by atoms with Crippen molar-refractivity contribution in [3.63, 3.8) is 0 Å². The number of aromatic nitrogens is 3. The number of rotatable bonds is 3. The van der Waals surface area contributed by atoms with E-state index in [0.717, 1.165) is 10.9 Å². The zero-order chi connectivity index (χ0) is 22.9. The Morgan fingerprint density at radius 3 is 2.67 bits per heavy atom. The Labute approximate surface area is 193 Å². The van der Waals surface area contributed by atoms with E-state index in [0.29, 0.717) is 33.0 Å². The van der Waals surface area contributed by atoms with Crippen molar-refractivity contribution in [1.29, 1.82) is 0 Å². The molecule has 0 saturated heterocycles. The van der Waals surface area contributed by atoms with Gasteiger partial charge in [0.1, 0.15) is 5.65 Å². The standard InChI is InChI=1S/C25H17ClN4O3/c1-33-25(32)30-23-19(16-12-15-8-5-10-27-21(15)17(26)13-16)22(14-6-3-2-4-7-14)29-24-20(23)18(31)9-11-28-24/h2-13H,1H3,(H2,28,29,30,31,32). The van der Waals surface area contributed by atoms with E-state index in [1.54, 1.807) is 12.3 Å². The van der Waals surface area contributed by atoms with Gasteiger partial charge in [0.2, 0.25) is 0 Å². The molecule has 0 atom stereocenters. The number of carbonyl (C=O) groups excluding carboxylic acids is 1. The van der Waals surface area contributed by atoms with Gasteiger partial charge in [0, 0.05) is 35.0 Å². The van der Waals surface area contributed by atoms with E-state index in [-0.39, 0.29) is 16.5 Å². The molecule has 0 fully saturated rings. The maximum atomic E-state index is 12.9. The minimum Gasteiger partial charge on any atom is -0.453 e. The highest BCUT2D eigenvalue weighted by Crippen LogP contribution is 2.42. The van der Waals surface area contributed by atoms with Crippen LogP contribution in [0.5, 0.6) is 0 Å². The monoisotopic (exact) mass is 456 g/mol. The molecule has 0 unspecified atom stereocenters. The number of fused-ring (bicyclic) bond motifs is 2. The quantitative estimate of drug-likeness (QED) is 0.366. The summed E-state index contributed by atoms with van der Waals surface area (Å²) in [6, 6.07) is 18.3. The Hall–Kier alpha value is -4.23. The molecule has 0 spiro atoms. The van der Waals surface area contributed by atoms with Crippen molar-refractivity contribution < 1.29 is 9.53 Å². The predicted molar refractivity (Wildman–Crippen MR) is 130 cm³/mol. The molecule has 0 radical (unpaired) electrons. The number of hydrogen-bond acceptors (Lipinski definition) is 5. The number of pyridine rings is 3. The Bertz CT molecular complexity index is 1580. The average Bonchev–Trinajstić information content (AvgIpc) is 2.84. The molecule has 1 amide bonds. The van der Waals surface area contributed by atoms with Gasteiger partial charge < -0.3 is 9.72 Å². The Morgan fingerprint density at radius 1 is 1.06 bits per heavy atom. The van der Waals surface area contributed by atoms with Crippen LogP contribution in [0.4, 0.5) is 10.5 Å². The highest BCUT2D eigenvalue weighted by Gasteiger charge is 2.23.